The lowest BCUT2D eigenvalue weighted by atomic mass is 9.78. The maximum atomic E-state index is 12.2. The Morgan fingerprint density at radius 2 is 2.43 bits per heavy atom. The summed E-state index contributed by atoms with van der Waals surface area (Å²) < 4.78 is 5.24. The van der Waals surface area contributed by atoms with Gasteiger partial charge in [0.1, 0.15) is 5.60 Å². The average molecular weight is 316 g/mol. The number of aliphatic hydroxyl groups excluding tert-OH is 1. The van der Waals surface area contributed by atoms with Gasteiger partial charge in [0.2, 0.25) is 5.91 Å². The summed E-state index contributed by atoms with van der Waals surface area (Å²) in [4.78, 5) is 23.0. The fourth-order valence-corrected chi connectivity index (χ4v) is 3.67. The molecule has 2 N–H and O–H groups in total. The Kier molecular flexibility index (Phi) is 5.27. The van der Waals surface area contributed by atoms with Crippen LogP contribution in [0.1, 0.15) is 32.6 Å². The molecule has 0 saturated carbocycles. The molecule has 1 saturated heterocycles. The lowest BCUT2D eigenvalue weighted by Gasteiger charge is -2.37. The van der Waals surface area contributed by atoms with Crippen molar-refractivity contribution < 1.29 is 19.4 Å². The van der Waals surface area contributed by atoms with Gasteiger partial charge in [-0.3, -0.25) is 9.59 Å². The van der Waals surface area contributed by atoms with Crippen LogP contribution < -0.4 is 5.32 Å². The first kappa shape index (κ1) is 16.3. The summed E-state index contributed by atoms with van der Waals surface area (Å²) in [7, 11) is 0. The van der Waals surface area contributed by atoms with Crippen molar-refractivity contribution in [2.24, 2.45) is 11.8 Å². The SMILES string of the molecule is C[C@@]1(OC=O)[C@@H]([C@H](O)[C@@H]2C=CCCC2)NC(=O)[C@@H]1CCCl. The van der Waals surface area contributed by atoms with E-state index in [9.17, 15) is 14.7 Å². The second kappa shape index (κ2) is 6.79. The van der Waals surface area contributed by atoms with Crippen LogP contribution in [-0.4, -0.2) is 41.1 Å². The molecule has 21 heavy (non-hydrogen) atoms. The highest BCUT2D eigenvalue weighted by Gasteiger charge is 2.56. The van der Waals surface area contributed by atoms with Crippen molar-refractivity contribution in [3.8, 4) is 0 Å². The molecule has 2 aliphatic rings. The summed E-state index contributed by atoms with van der Waals surface area (Å²) in [5.41, 5.74) is -1.07. The molecular formula is C15H22ClNO4. The van der Waals surface area contributed by atoms with Gasteiger partial charge in [-0.05, 0) is 32.6 Å². The third-order valence-electron chi connectivity index (χ3n) is 4.70. The number of rotatable bonds is 6. The zero-order valence-corrected chi connectivity index (χ0v) is 12.9. The van der Waals surface area contributed by atoms with E-state index in [0.29, 0.717) is 18.8 Å². The first-order chi connectivity index (χ1) is 10.0. The van der Waals surface area contributed by atoms with Crippen LogP contribution in [0.5, 0.6) is 0 Å². The number of halogens is 1. The van der Waals surface area contributed by atoms with Gasteiger partial charge in [0, 0.05) is 11.8 Å². The van der Waals surface area contributed by atoms with Crippen LogP contribution >= 0.6 is 11.6 Å². The van der Waals surface area contributed by atoms with Crippen LogP contribution in [0.15, 0.2) is 12.2 Å². The van der Waals surface area contributed by atoms with Crippen molar-refractivity contribution in [3.63, 3.8) is 0 Å². The summed E-state index contributed by atoms with van der Waals surface area (Å²) >= 11 is 5.75. The first-order valence-corrected chi connectivity index (χ1v) is 7.90. The Hall–Kier alpha value is -1.07. The molecule has 0 bridgehead atoms. The Bertz CT molecular complexity index is 428. The van der Waals surface area contributed by atoms with Crippen LogP contribution in [0.25, 0.3) is 0 Å². The van der Waals surface area contributed by atoms with Crippen molar-refractivity contribution in [2.75, 3.05) is 5.88 Å². The maximum absolute atomic E-state index is 12.2. The summed E-state index contributed by atoms with van der Waals surface area (Å²) in [6, 6.07) is -0.615. The van der Waals surface area contributed by atoms with E-state index in [1.165, 1.54) is 0 Å². The van der Waals surface area contributed by atoms with Crippen molar-refractivity contribution in [3.05, 3.63) is 12.2 Å². The number of alkyl halides is 1. The molecule has 6 heteroatoms. The number of carbonyl (C=O) groups is 2. The van der Waals surface area contributed by atoms with Gasteiger partial charge in [-0.1, -0.05) is 12.2 Å². The summed E-state index contributed by atoms with van der Waals surface area (Å²) in [6.07, 6.45) is 6.53. The molecule has 0 aromatic rings. The van der Waals surface area contributed by atoms with Crippen molar-refractivity contribution >= 4 is 24.0 Å². The molecule has 118 valence electrons. The molecule has 0 radical (unpaired) electrons. The summed E-state index contributed by atoms with van der Waals surface area (Å²) in [5.74, 6) is -0.494. The Morgan fingerprint density at radius 3 is 3.00 bits per heavy atom. The molecular weight excluding hydrogens is 294 g/mol. The average Bonchev–Trinajstić information content (AvgIpc) is 2.73. The molecule has 1 amide bonds. The molecule has 2 rings (SSSR count). The fourth-order valence-electron chi connectivity index (χ4n) is 3.45. The molecule has 0 spiro atoms. The first-order valence-electron chi connectivity index (χ1n) is 7.37. The van der Waals surface area contributed by atoms with E-state index in [4.69, 9.17) is 16.3 Å². The van der Waals surface area contributed by atoms with Gasteiger partial charge in [-0.25, -0.2) is 0 Å². The lowest BCUT2D eigenvalue weighted by Crippen LogP contribution is -2.54. The molecule has 5 atom stereocenters. The number of ether oxygens (including phenoxy) is 1. The second-order valence-electron chi connectivity index (χ2n) is 5.93. The van der Waals surface area contributed by atoms with Gasteiger partial charge in [-0.2, -0.15) is 0 Å². The van der Waals surface area contributed by atoms with Crippen LogP contribution in [0.4, 0.5) is 0 Å². The van der Waals surface area contributed by atoms with Gasteiger partial charge >= 0.3 is 0 Å². The number of amides is 1. The quantitative estimate of drug-likeness (QED) is 0.441. The van der Waals surface area contributed by atoms with E-state index >= 15 is 0 Å². The second-order valence-corrected chi connectivity index (χ2v) is 6.31. The molecule has 5 nitrogen and oxygen atoms in total. The van der Waals surface area contributed by atoms with E-state index in [1.54, 1.807) is 6.92 Å². The smallest absolute Gasteiger partial charge is 0.293 e. The number of aliphatic hydroxyl groups is 1. The zero-order valence-electron chi connectivity index (χ0n) is 12.1. The van der Waals surface area contributed by atoms with Crippen molar-refractivity contribution in [1.29, 1.82) is 0 Å². The van der Waals surface area contributed by atoms with Crippen LogP contribution in [0.3, 0.4) is 0 Å². The predicted molar refractivity (Wildman–Crippen MR) is 78.8 cm³/mol. The zero-order chi connectivity index (χ0) is 15.5. The highest BCUT2D eigenvalue weighted by atomic mass is 35.5. The largest absolute Gasteiger partial charge is 0.458 e. The maximum Gasteiger partial charge on any atom is 0.293 e. The third-order valence-corrected chi connectivity index (χ3v) is 4.91. The molecule has 0 unspecified atom stereocenters. The number of hydrogen-bond donors (Lipinski definition) is 2. The summed E-state index contributed by atoms with van der Waals surface area (Å²) in [5, 5.41) is 13.4. The van der Waals surface area contributed by atoms with Crippen molar-refractivity contribution in [2.45, 2.75) is 50.4 Å². The Labute approximate surface area is 129 Å². The number of nitrogens with one attached hydrogen (secondary N) is 1. The van der Waals surface area contributed by atoms with Crippen LogP contribution in [0, 0.1) is 11.8 Å². The number of carbonyl (C=O) groups excluding carboxylic acids is 2. The van der Waals surface area contributed by atoms with E-state index in [0.717, 1.165) is 19.3 Å². The monoisotopic (exact) mass is 315 g/mol. The van der Waals surface area contributed by atoms with Gasteiger partial charge < -0.3 is 15.2 Å². The molecule has 1 heterocycles. The van der Waals surface area contributed by atoms with Gasteiger partial charge in [-0.15, -0.1) is 11.6 Å². The minimum Gasteiger partial charge on any atom is -0.458 e. The Balaban J connectivity index is 2.23. The number of hydrogen-bond acceptors (Lipinski definition) is 4. The predicted octanol–water partition coefficient (Wildman–Crippen LogP) is 1.38. The van der Waals surface area contributed by atoms with E-state index < -0.39 is 23.7 Å². The molecule has 0 aromatic heterocycles. The highest BCUT2D eigenvalue weighted by molar-refractivity contribution is 6.18. The minimum atomic E-state index is -1.07. The van der Waals surface area contributed by atoms with E-state index in [2.05, 4.69) is 5.32 Å². The molecule has 1 aliphatic carbocycles. The van der Waals surface area contributed by atoms with E-state index in [-0.39, 0.29) is 11.8 Å². The third kappa shape index (κ3) is 3.09. The van der Waals surface area contributed by atoms with Gasteiger partial charge in [0.05, 0.1) is 18.1 Å². The topological polar surface area (TPSA) is 75.6 Å². The standard InChI is InChI=1S/C15H22ClNO4/c1-15(21-9-18)11(7-8-16)14(20)17-13(15)12(19)10-5-3-2-4-6-10/h3,5,9-13,19H,2,4,6-8H2,1H3,(H,17,20)/t10-,11+,12-,13-,15+/m1/s1. The van der Waals surface area contributed by atoms with E-state index in [1.807, 2.05) is 12.2 Å². The van der Waals surface area contributed by atoms with Crippen molar-refractivity contribution in [1.82, 2.24) is 5.32 Å². The van der Waals surface area contributed by atoms with Gasteiger partial charge in [0.25, 0.3) is 6.47 Å². The van der Waals surface area contributed by atoms with Crippen LogP contribution in [0.2, 0.25) is 0 Å². The Morgan fingerprint density at radius 1 is 1.67 bits per heavy atom. The van der Waals surface area contributed by atoms with Crippen LogP contribution in [-0.2, 0) is 14.3 Å². The number of allylic oxidation sites excluding steroid dienone is 1. The summed E-state index contributed by atoms with van der Waals surface area (Å²) in [6.45, 7) is 2.04. The molecule has 1 fully saturated rings. The molecule has 0 aromatic carbocycles. The molecule has 1 aliphatic heterocycles. The fraction of sp³-hybridized carbons (Fsp3) is 0.733. The minimum absolute atomic E-state index is 0.0339. The van der Waals surface area contributed by atoms with Gasteiger partial charge in [0.15, 0.2) is 0 Å². The lowest BCUT2D eigenvalue weighted by molar-refractivity contribution is -0.152. The normalized spacial score (nSPS) is 37.1. The highest BCUT2D eigenvalue weighted by Crippen LogP contribution is 2.38.